The van der Waals surface area contributed by atoms with Crippen LogP contribution in [0.15, 0.2) is 27.1 Å². The molecule has 3 nitrogen and oxygen atoms in total. The van der Waals surface area contributed by atoms with Gasteiger partial charge >= 0.3 is 5.97 Å². The van der Waals surface area contributed by atoms with Gasteiger partial charge in [-0.3, -0.25) is 9.69 Å². The van der Waals surface area contributed by atoms with Crippen LogP contribution in [-0.4, -0.2) is 29.1 Å². The lowest BCUT2D eigenvalue weighted by molar-refractivity contribution is -0.151. The summed E-state index contributed by atoms with van der Waals surface area (Å²) < 4.78 is 2.06. The van der Waals surface area contributed by atoms with Gasteiger partial charge in [0, 0.05) is 22.0 Å². The first-order valence-electron chi connectivity index (χ1n) is 6.30. The summed E-state index contributed by atoms with van der Waals surface area (Å²) in [5.41, 5.74) is 0.593. The van der Waals surface area contributed by atoms with E-state index in [2.05, 4.69) is 48.9 Å². The quantitative estimate of drug-likeness (QED) is 0.850. The second-order valence-electron chi connectivity index (χ2n) is 5.43. The molecule has 1 atom stereocenters. The van der Waals surface area contributed by atoms with Crippen molar-refractivity contribution in [3.63, 3.8) is 0 Å². The number of piperidine rings is 1. The van der Waals surface area contributed by atoms with E-state index in [1.165, 1.54) is 5.56 Å². The largest absolute Gasteiger partial charge is 0.481 e. The standard InChI is InChI=1S/C14H17Br2NO2/c1-14(13(18)19)5-2-6-17(9-14)8-10-3-4-11(15)12(16)7-10/h3-4,7H,2,5-6,8-9H2,1H3,(H,18,19). The number of carboxylic acids is 1. The van der Waals surface area contributed by atoms with Crippen LogP contribution < -0.4 is 0 Å². The third-order valence-corrected chi connectivity index (χ3v) is 5.56. The fourth-order valence-electron chi connectivity index (χ4n) is 2.55. The summed E-state index contributed by atoms with van der Waals surface area (Å²) in [6.07, 6.45) is 1.71. The third-order valence-electron chi connectivity index (χ3n) is 3.68. The number of carbonyl (C=O) groups is 1. The number of likely N-dealkylation sites (tertiary alicyclic amines) is 1. The molecule has 0 radical (unpaired) electrons. The second kappa shape index (κ2) is 5.94. The maximum Gasteiger partial charge on any atom is 0.310 e. The van der Waals surface area contributed by atoms with Gasteiger partial charge in [0.1, 0.15) is 0 Å². The molecule has 1 fully saturated rings. The summed E-state index contributed by atoms with van der Waals surface area (Å²) in [7, 11) is 0. The minimum absolute atomic E-state index is 0.606. The van der Waals surface area contributed by atoms with Crippen molar-refractivity contribution in [2.75, 3.05) is 13.1 Å². The lowest BCUT2D eigenvalue weighted by Gasteiger charge is -2.37. The Morgan fingerprint density at radius 3 is 2.79 bits per heavy atom. The summed E-state index contributed by atoms with van der Waals surface area (Å²) in [4.78, 5) is 13.6. The van der Waals surface area contributed by atoms with Gasteiger partial charge in [-0.2, -0.15) is 0 Å². The van der Waals surface area contributed by atoms with E-state index < -0.39 is 11.4 Å². The van der Waals surface area contributed by atoms with Crippen molar-refractivity contribution in [3.8, 4) is 0 Å². The van der Waals surface area contributed by atoms with Gasteiger partial charge in [0.2, 0.25) is 0 Å². The molecule has 0 aromatic heterocycles. The first-order valence-corrected chi connectivity index (χ1v) is 7.89. The SMILES string of the molecule is CC1(C(=O)O)CCCN(Cc2ccc(Br)c(Br)c2)C1. The molecule has 0 amide bonds. The Bertz CT molecular complexity index is 492. The Morgan fingerprint density at radius 2 is 2.16 bits per heavy atom. The second-order valence-corrected chi connectivity index (χ2v) is 7.14. The highest BCUT2D eigenvalue weighted by Gasteiger charge is 2.37. The van der Waals surface area contributed by atoms with Crippen LogP contribution in [0, 0.1) is 5.41 Å². The van der Waals surface area contributed by atoms with Gasteiger partial charge in [0.25, 0.3) is 0 Å². The van der Waals surface area contributed by atoms with Crippen molar-refractivity contribution in [2.45, 2.75) is 26.3 Å². The van der Waals surface area contributed by atoms with Crippen LogP contribution in [0.3, 0.4) is 0 Å². The van der Waals surface area contributed by atoms with Gasteiger partial charge in [-0.25, -0.2) is 0 Å². The highest BCUT2D eigenvalue weighted by atomic mass is 79.9. The molecular formula is C14H17Br2NO2. The Balaban J connectivity index is 2.06. The molecule has 5 heteroatoms. The number of benzene rings is 1. The van der Waals surface area contributed by atoms with Crippen molar-refractivity contribution in [1.82, 2.24) is 4.90 Å². The summed E-state index contributed by atoms with van der Waals surface area (Å²) in [6, 6.07) is 6.16. The lowest BCUT2D eigenvalue weighted by Crippen LogP contribution is -2.45. The maximum absolute atomic E-state index is 11.3. The number of hydrogen-bond donors (Lipinski definition) is 1. The van der Waals surface area contributed by atoms with Crippen LogP contribution >= 0.6 is 31.9 Å². The predicted molar refractivity (Wildman–Crippen MR) is 82.1 cm³/mol. The smallest absolute Gasteiger partial charge is 0.310 e. The minimum Gasteiger partial charge on any atom is -0.481 e. The normalized spacial score (nSPS) is 24.4. The molecule has 2 rings (SSSR count). The predicted octanol–water partition coefficient (Wildman–Crippen LogP) is 3.90. The third kappa shape index (κ3) is 3.58. The Labute approximate surface area is 130 Å². The molecule has 0 saturated carbocycles. The fourth-order valence-corrected chi connectivity index (χ4v) is 3.22. The van der Waals surface area contributed by atoms with Crippen LogP contribution in [0.5, 0.6) is 0 Å². The van der Waals surface area contributed by atoms with Gasteiger partial charge in [0.15, 0.2) is 0 Å². The van der Waals surface area contributed by atoms with E-state index in [9.17, 15) is 9.90 Å². The molecule has 1 aromatic carbocycles. The van der Waals surface area contributed by atoms with E-state index >= 15 is 0 Å². The molecule has 1 aliphatic heterocycles. The van der Waals surface area contributed by atoms with E-state index in [1.807, 2.05) is 13.0 Å². The van der Waals surface area contributed by atoms with Crippen molar-refractivity contribution < 1.29 is 9.90 Å². The summed E-state index contributed by atoms with van der Waals surface area (Å²) in [5, 5.41) is 9.32. The first-order chi connectivity index (χ1) is 8.90. The molecule has 1 aromatic rings. The van der Waals surface area contributed by atoms with Gasteiger partial charge < -0.3 is 5.11 Å². The Hall–Kier alpha value is -0.390. The molecule has 0 aliphatic carbocycles. The van der Waals surface area contributed by atoms with Crippen molar-refractivity contribution in [1.29, 1.82) is 0 Å². The van der Waals surface area contributed by atoms with Gasteiger partial charge in [-0.05, 0) is 75.9 Å². The summed E-state index contributed by atoms with van der Waals surface area (Å²) in [6.45, 7) is 4.24. The number of nitrogens with zero attached hydrogens (tertiary/aromatic N) is 1. The molecular weight excluding hydrogens is 374 g/mol. The summed E-state index contributed by atoms with van der Waals surface area (Å²) in [5.74, 6) is -0.686. The average Bonchev–Trinajstić information content (AvgIpc) is 2.34. The van der Waals surface area contributed by atoms with Gasteiger partial charge in [-0.15, -0.1) is 0 Å². The maximum atomic E-state index is 11.3. The lowest BCUT2D eigenvalue weighted by atomic mass is 9.82. The molecule has 1 unspecified atom stereocenters. The van der Waals surface area contributed by atoms with Gasteiger partial charge in [0.05, 0.1) is 5.41 Å². The first kappa shape index (κ1) is 15.0. The van der Waals surface area contributed by atoms with Crippen LogP contribution in [0.1, 0.15) is 25.3 Å². The molecule has 1 saturated heterocycles. The molecule has 0 spiro atoms. The highest BCUT2D eigenvalue weighted by Crippen LogP contribution is 2.31. The topological polar surface area (TPSA) is 40.5 Å². The zero-order valence-electron chi connectivity index (χ0n) is 10.8. The van der Waals surface area contributed by atoms with Crippen LogP contribution in [0.25, 0.3) is 0 Å². The number of aliphatic carboxylic acids is 1. The number of halogens is 2. The van der Waals surface area contributed by atoms with E-state index in [4.69, 9.17) is 0 Å². The minimum atomic E-state index is -0.686. The zero-order chi connectivity index (χ0) is 14.0. The van der Waals surface area contributed by atoms with Crippen molar-refractivity contribution >= 4 is 37.8 Å². The van der Waals surface area contributed by atoms with Crippen molar-refractivity contribution in [3.05, 3.63) is 32.7 Å². The van der Waals surface area contributed by atoms with Crippen LogP contribution in [-0.2, 0) is 11.3 Å². The Morgan fingerprint density at radius 1 is 1.42 bits per heavy atom. The molecule has 104 valence electrons. The molecule has 19 heavy (non-hydrogen) atoms. The van der Waals surface area contributed by atoms with E-state index in [0.29, 0.717) is 6.54 Å². The zero-order valence-corrected chi connectivity index (χ0v) is 14.0. The Kier molecular flexibility index (Phi) is 4.69. The number of carboxylic acid groups (broad SMARTS) is 1. The highest BCUT2D eigenvalue weighted by molar-refractivity contribution is 9.13. The monoisotopic (exact) mass is 389 g/mol. The van der Waals surface area contributed by atoms with Crippen LogP contribution in [0.2, 0.25) is 0 Å². The average molecular weight is 391 g/mol. The number of rotatable bonds is 3. The van der Waals surface area contributed by atoms with Crippen molar-refractivity contribution in [2.24, 2.45) is 5.41 Å². The van der Waals surface area contributed by atoms with E-state index in [0.717, 1.165) is 34.9 Å². The van der Waals surface area contributed by atoms with Crippen LogP contribution in [0.4, 0.5) is 0 Å². The fraction of sp³-hybridized carbons (Fsp3) is 0.500. The number of hydrogen-bond acceptors (Lipinski definition) is 2. The molecule has 1 N–H and O–H groups in total. The van der Waals surface area contributed by atoms with Gasteiger partial charge in [-0.1, -0.05) is 6.07 Å². The molecule has 1 heterocycles. The van der Waals surface area contributed by atoms with E-state index in [1.54, 1.807) is 0 Å². The molecule has 1 aliphatic rings. The molecule has 0 bridgehead atoms. The van der Waals surface area contributed by atoms with E-state index in [-0.39, 0.29) is 0 Å². The summed E-state index contributed by atoms with van der Waals surface area (Å²) >= 11 is 6.95.